The van der Waals surface area contributed by atoms with Crippen molar-refractivity contribution < 1.29 is 4.74 Å². The zero-order valence-electron chi connectivity index (χ0n) is 19.7. The minimum Gasteiger partial charge on any atom is -0.497 e. The van der Waals surface area contributed by atoms with Gasteiger partial charge in [0.1, 0.15) is 5.75 Å². The molecule has 3 aromatic carbocycles. The number of thioether (sulfide) groups is 1. The van der Waals surface area contributed by atoms with E-state index in [1.165, 1.54) is 39.2 Å². The van der Waals surface area contributed by atoms with E-state index in [9.17, 15) is 0 Å². The van der Waals surface area contributed by atoms with Crippen molar-refractivity contribution in [1.29, 1.82) is 0 Å². The Labute approximate surface area is 232 Å². The maximum absolute atomic E-state index is 5.40. The topological polar surface area (TPSA) is 24.8 Å². The molecule has 0 spiro atoms. The van der Waals surface area contributed by atoms with Gasteiger partial charge in [0.05, 0.1) is 24.5 Å². The molecule has 3 nitrogen and oxygen atoms in total. The zero-order chi connectivity index (χ0) is 24.6. The lowest BCUT2D eigenvalue weighted by Crippen LogP contribution is -2.34. The van der Waals surface area contributed by atoms with Crippen LogP contribution in [0.3, 0.4) is 0 Å². The summed E-state index contributed by atoms with van der Waals surface area (Å²) in [4.78, 5) is 7.71. The van der Waals surface area contributed by atoms with Crippen LogP contribution in [-0.4, -0.2) is 17.2 Å². The van der Waals surface area contributed by atoms with Crippen molar-refractivity contribution in [3.8, 4) is 5.75 Å². The average molecular weight is 620 g/mol. The molecule has 0 aromatic heterocycles. The van der Waals surface area contributed by atoms with Gasteiger partial charge in [-0.25, -0.2) is 4.99 Å². The summed E-state index contributed by atoms with van der Waals surface area (Å²) in [5.41, 5.74) is 8.74. The Kier molecular flexibility index (Phi) is 6.67. The van der Waals surface area contributed by atoms with E-state index in [0.717, 1.165) is 39.1 Å². The first-order valence-electron chi connectivity index (χ1n) is 11.9. The Morgan fingerprint density at radius 2 is 1.61 bits per heavy atom. The van der Waals surface area contributed by atoms with E-state index in [4.69, 9.17) is 9.73 Å². The third kappa shape index (κ3) is 4.51. The number of hydrogen-bond acceptors (Lipinski definition) is 4. The lowest BCUT2D eigenvalue weighted by Gasteiger charge is -2.40. The number of rotatable bonds is 4. The number of aliphatic imine (C=N–C) groups is 1. The molecule has 2 heterocycles. The van der Waals surface area contributed by atoms with Crippen molar-refractivity contribution in [3.05, 3.63) is 121 Å². The minimum atomic E-state index is 0.109. The van der Waals surface area contributed by atoms with E-state index >= 15 is 0 Å². The van der Waals surface area contributed by atoms with Crippen LogP contribution in [0.25, 0.3) is 11.8 Å². The van der Waals surface area contributed by atoms with E-state index in [-0.39, 0.29) is 6.04 Å². The minimum absolute atomic E-state index is 0.109. The highest BCUT2D eigenvalue weighted by Crippen LogP contribution is 2.51. The first-order valence-corrected chi connectivity index (χ1v) is 14.4. The quantitative estimate of drug-likeness (QED) is 0.291. The van der Waals surface area contributed by atoms with Gasteiger partial charge in [-0.2, -0.15) is 0 Å². The van der Waals surface area contributed by atoms with Crippen LogP contribution >= 0.6 is 43.6 Å². The number of hydrogen-bond donors (Lipinski definition) is 0. The fourth-order valence-corrected chi connectivity index (χ4v) is 6.55. The summed E-state index contributed by atoms with van der Waals surface area (Å²) in [6.07, 6.45) is 5.53. The Morgan fingerprint density at radius 1 is 0.917 bits per heavy atom. The Bertz CT molecular complexity index is 1420. The van der Waals surface area contributed by atoms with E-state index in [0.29, 0.717) is 0 Å². The van der Waals surface area contributed by atoms with Crippen molar-refractivity contribution in [2.24, 2.45) is 4.99 Å². The molecular formula is C30H24Br2N2OS. The molecule has 0 saturated carbocycles. The molecule has 0 N–H and O–H groups in total. The summed E-state index contributed by atoms with van der Waals surface area (Å²) in [7, 11) is 1.70. The molecule has 2 aliphatic heterocycles. The largest absolute Gasteiger partial charge is 0.497 e. The molecule has 0 fully saturated rings. The van der Waals surface area contributed by atoms with E-state index in [2.05, 4.69) is 109 Å². The summed E-state index contributed by atoms with van der Waals surface area (Å²) in [5, 5.41) is 3.28. The maximum Gasteiger partial charge on any atom is 0.174 e. The van der Waals surface area contributed by atoms with Gasteiger partial charge in [0, 0.05) is 14.4 Å². The molecular weight excluding hydrogens is 596 g/mol. The van der Waals surface area contributed by atoms with Crippen LogP contribution < -0.4 is 4.74 Å². The number of nitrogens with zero attached hydrogens (tertiary/aromatic N) is 2. The number of ether oxygens (including phenoxy) is 1. The highest BCUT2D eigenvalue weighted by molar-refractivity contribution is 9.10. The monoisotopic (exact) mass is 618 g/mol. The molecule has 0 saturated heterocycles. The molecule has 180 valence electrons. The number of benzene rings is 3. The molecule has 0 unspecified atom stereocenters. The van der Waals surface area contributed by atoms with Crippen molar-refractivity contribution >= 4 is 60.6 Å². The van der Waals surface area contributed by atoms with Crippen LogP contribution in [0.1, 0.15) is 42.0 Å². The van der Waals surface area contributed by atoms with Crippen molar-refractivity contribution in [1.82, 2.24) is 4.90 Å². The summed E-state index contributed by atoms with van der Waals surface area (Å²) >= 11 is 8.88. The van der Waals surface area contributed by atoms with Crippen LogP contribution in [0, 0.1) is 0 Å². The van der Waals surface area contributed by atoms with Gasteiger partial charge >= 0.3 is 0 Å². The van der Waals surface area contributed by atoms with Gasteiger partial charge in [-0.1, -0.05) is 67.9 Å². The van der Waals surface area contributed by atoms with Crippen LogP contribution in [0.2, 0.25) is 0 Å². The second kappa shape index (κ2) is 10.1. The predicted octanol–water partition coefficient (Wildman–Crippen LogP) is 9.20. The van der Waals surface area contributed by atoms with Gasteiger partial charge in [-0.15, -0.1) is 0 Å². The second-order valence-corrected chi connectivity index (χ2v) is 11.7. The highest BCUT2D eigenvalue weighted by Gasteiger charge is 2.40. The molecule has 0 bridgehead atoms. The standard InChI is InChI=1S/C30H24Br2N2OS/c1-35-25-15-9-20(10-16-25)27-18-36-30-33-28-22(17-19-5-11-23(31)12-6-19)3-2-4-26(28)29(34(27)30)21-7-13-24(32)14-8-21/h5-18,29H,2-4H2,1H3/b22-17+/t29-/m1/s1. The average Bonchev–Trinajstić information content (AvgIpc) is 3.33. The SMILES string of the molecule is COc1ccc(C2=CSC3=NC4=C(CCC/C4=C\c4ccc(Br)cc4)[C@@H](c4ccc(Br)cc4)N23)cc1. The molecule has 0 radical (unpaired) electrons. The second-order valence-electron chi connectivity index (χ2n) is 9.02. The molecule has 3 aliphatic rings. The molecule has 36 heavy (non-hydrogen) atoms. The lowest BCUT2D eigenvalue weighted by atomic mass is 9.83. The van der Waals surface area contributed by atoms with Crippen molar-refractivity contribution in [2.45, 2.75) is 25.3 Å². The van der Waals surface area contributed by atoms with Gasteiger partial charge < -0.3 is 9.64 Å². The fraction of sp³-hybridized carbons (Fsp3) is 0.167. The third-order valence-corrected chi connectivity index (χ3v) is 8.72. The number of halogens is 2. The van der Waals surface area contributed by atoms with E-state index < -0.39 is 0 Å². The Hall–Kier alpha value is -2.54. The molecule has 1 aliphatic carbocycles. The Balaban J connectivity index is 1.47. The van der Waals surface area contributed by atoms with Crippen molar-refractivity contribution in [2.75, 3.05) is 7.11 Å². The van der Waals surface area contributed by atoms with Crippen LogP contribution in [0.15, 0.2) is 109 Å². The number of methoxy groups -OCH3 is 1. The fourth-order valence-electron chi connectivity index (χ4n) is 5.09. The zero-order valence-corrected chi connectivity index (χ0v) is 23.7. The lowest BCUT2D eigenvalue weighted by molar-refractivity contribution is 0.414. The molecule has 6 rings (SSSR count). The number of allylic oxidation sites excluding steroid dienone is 1. The highest BCUT2D eigenvalue weighted by atomic mass is 79.9. The van der Waals surface area contributed by atoms with Crippen LogP contribution in [0.4, 0.5) is 0 Å². The first-order chi connectivity index (χ1) is 17.6. The van der Waals surface area contributed by atoms with Gasteiger partial charge in [0.25, 0.3) is 0 Å². The summed E-state index contributed by atoms with van der Waals surface area (Å²) in [6, 6.07) is 25.7. The number of fused-ring (bicyclic) bond motifs is 1. The van der Waals surface area contributed by atoms with Gasteiger partial charge in [-0.3, -0.25) is 0 Å². The smallest absolute Gasteiger partial charge is 0.174 e. The molecule has 1 atom stereocenters. The first kappa shape index (κ1) is 23.8. The molecule has 3 aromatic rings. The third-order valence-electron chi connectivity index (χ3n) is 6.82. The summed E-state index contributed by atoms with van der Waals surface area (Å²) in [6.45, 7) is 0. The summed E-state index contributed by atoms with van der Waals surface area (Å²) in [5.74, 6) is 0.863. The predicted molar refractivity (Wildman–Crippen MR) is 158 cm³/mol. The van der Waals surface area contributed by atoms with E-state index in [1.54, 1.807) is 18.9 Å². The Morgan fingerprint density at radius 3 is 2.31 bits per heavy atom. The van der Waals surface area contributed by atoms with Crippen LogP contribution in [-0.2, 0) is 0 Å². The van der Waals surface area contributed by atoms with Crippen molar-refractivity contribution in [3.63, 3.8) is 0 Å². The normalized spacial score (nSPS) is 20.1. The molecule has 6 heteroatoms. The number of amidine groups is 1. The van der Waals surface area contributed by atoms with Gasteiger partial charge in [0.15, 0.2) is 5.17 Å². The van der Waals surface area contributed by atoms with E-state index in [1.807, 2.05) is 12.1 Å². The van der Waals surface area contributed by atoms with Crippen LogP contribution in [0.5, 0.6) is 5.75 Å². The van der Waals surface area contributed by atoms with Gasteiger partial charge in [-0.05, 0) is 102 Å². The molecule has 0 amide bonds. The maximum atomic E-state index is 5.40. The summed E-state index contributed by atoms with van der Waals surface area (Å²) < 4.78 is 7.58. The van der Waals surface area contributed by atoms with Gasteiger partial charge in [0.2, 0.25) is 0 Å².